The summed E-state index contributed by atoms with van der Waals surface area (Å²) < 4.78 is 29.3. The lowest BCUT2D eigenvalue weighted by Crippen LogP contribution is -1.97. The Balaban J connectivity index is 2.39. The highest BCUT2D eigenvalue weighted by Gasteiger charge is 2.18. The maximum absolute atomic E-state index is 13.9. The predicted molar refractivity (Wildman–Crippen MR) is 70.8 cm³/mol. The van der Waals surface area contributed by atoms with E-state index in [-0.39, 0.29) is 11.4 Å². The Labute approximate surface area is 113 Å². The molecule has 98 valence electrons. The molecule has 0 aliphatic rings. The minimum Gasteiger partial charge on any atom is -0.327 e. The number of hydrogen-bond donors (Lipinski definition) is 0. The van der Waals surface area contributed by atoms with Crippen molar-refractivity contribution in [2.75, 3.05) is 0 Å². The first kappa shape index (κ1) is 12.3. The van der Waals surface area contributed by atoms with Gasteiger partial charge in [0.15, 0.2) is 0 Å². The highest BCUT2D eigenvalue weighted by molar-refractivity contribution is 5.85. The molecule has 0 unspecified atom stereocenters. The number of nitriles is 1. The molecule has 1 heterocycles. The number of hydrogen-bond acceptors (Lipinski definition) is 2. The minimum absolute atomic E-state index is 0.165. The van der Waals surface area contributed by atoms with Crippen LogP contribution in [0.1, 0.15) is 5.56 Å². The Bertz CT molecular complexity index is 839. The van der Waals surface area contributed by atoms with Crippen molar-refractivity contribution in [3.63, 3.8) is 0 Å². The Morgan fingerprint density at radius 1 is 1.10 bits per heavy atom. The number of aryl methyl sites for hydroxylation is 1. The molecule has 3 nitrogen and oxygen atoms in total. The highest BCUT2D eigenvalue weighted by Crippen LogP contribution is 2.29. The van der Waals surface area contributed by atoms with Gasteiger partial charge in [0, 0.05) is 7.05 Å². The van der Waals surface area contributed by atoms with Crippen molar-refractivity contribution in [2.24, 2.45) is 7.05 Å². The SMILES string of the molecule is Cn1c(-c2c(F)cccc2F)nc2c(C#N)cccc21. The molecule has 3 aromatic rings. The van der Waals surface area contributed by atoms with Crippen LogP contribution in [0.3, 0.4) is 0 Å². The van der Waals surface area contributed by atoms with Crippen LogP contribution in [0.2, 0.25) is 0 Å². The molecule has 2 aromatic carbocycles. The van der Waals surface area contributed by atoms with Crippen LogP contribution in [0.5, 0.6) is 0 Å². The predicted octanol–water partition coefficient (Wildman–Crippen LogP) is 3.39. The number of benzene rings is 2. The molecule has 0 bridgehead atoms. The lowest BCUT2D eigenvalue weighted by molar-refractivity contribution is 0.586. The summed E-state index contributed by atoms with van der Waals surface area (Å²) in [7, 11) is 1.66. The monoisotopic (exact) mass is 269 g/mol. The van der Waals surface area contributed by atoms with E-state index in [1.807, 2.05) is 6.07 Å². The third-order valence-electron chi connectivity index (χ3n) is 3.22. The van der Waals surface area contributed by atoms with Crippen LogP contribution >= 0.6 is 0 Å². The Hall–Kier alpha value is -2.74. The van der Waals surface area contributed by atoms with Crippen LogP contribution in [-0.4, -0.2) is 9.55 Å². The van der Waals surface area contributed by atoms with E-state index in [0.717, 1.165) is 0 Å². The number of nitrogens with zero attached hydrogens (tertiary/aromatic N) is 3. The van der Waals surface area contributed by atoms with E-state index in [4.69, 9.17) is 5.26 Å². The molecule has 5 heteroatoms. The molecular weight excluding hydrogens is 260 g/mol. The number of rotatable bonds is 1. The molecule has 0 aliphatic carbocycles. The Morgan fingerprint density at radius 2 is 1.75 bits per heavy atom. The smallest absolute Gasteiger partial charge is 0.146 e. The first-order valence-corrected chi connectivity index (χ1v) is 5.93. The van der Waals surface area contributed by atoms with Crippen LogP contribution in [-0.2, 0) is 7.05 Å². The lowest BCUT2D eigenvalue weighted by atomic mass is 10.2. The van der Waals surface area contributed by atoms with Gasteiger partial charge in [-0.2, -0.15) is 5.26 Å². The van der Waals surface area contributed by atoms with Gasteiger partial charge in [-0.15, -0.1) is 0 Å². The van der Waals surface area contributed by atoms with Gasteiger partial charge in [0.1, 0.15) is 29.0 Å². The summed E-state index contributed by atoms with van der Waals surface area (Å²) in [6.07, 6.45) is 0. The minimum atomic E-state index is -0.679. The van der Waals surface area contributed by atoms with Crippen molar-refractivity contribution in [3.8, 4) is 17.5 Å². The number of imidazole rings is 1. The number of halogens is 2. The van der Waals surface area contributed by atoms with E-state index in [2.05, 4.69) is 4.98 Å². The van der Waals surface area contributed by atoms with Crippen LogP contribution in [0, 0.1) is 23.0 Å². The summed E-state index contributed by atoms with van der Waals surface area (Å²) in [4.78, 5) is 4.24. The Kier molecular flexibility index (Phi) is 2.72. The van der Waals surface area contributed by atoms with Crippen molar-refractivity contribution in [2.45, 2.75) is 0 Å². The maximum Gasteiger partial charge on any atom is 0.146 e. The van der Waals surface area contributed by atoms with Crippen LogP contribution in [0.4, 0.5) is 8.78 Å². The third kappa shape index (κ3) is 1.66. The van der Waals surface area contributed by atoms with Gasteiger partial charge >= 0.3 is 0 Å². The molecule has 0 amide bonds. The second-order valence-corrected chi connectivity index (χ2v) is 4.38. The molecule has 0 aliphatic heterocycles. The zero-order chi connectivity index (χ0) is 14.3. The first-order valence-electron chi connectivity index (χ1n) is 5.93. The lowest BCUT2D eigenvalue weighted by Gasteiger charge is -2.04. The fourth-order valence-electron chi connectivity index (χ4n) is 2.24. The van der Waals surface area contributed by atoms with Gasteiger partial charge < -0.3 is 4.57 Å². The van der Waals surface area contributed by atoms with Gasteiger partial charge in [-0.25, -0.2) is 13.8 Å². The van der Waals surface area contributed by atoms with E-state index >= 15 is 0 Å². The van der Waals surface area contributed by atoms with Gasteiger partial charge in [0.05, 0.1) is 16.6 Å². The van der Waals surface area contributed by atoms with E-state index in [0.29, 0.717) is 16.6 Å². The fourth-order valence-corrected chi connectivity index (χ4v) is 2.24. The third-order valence-corrected chi connectivity index (χ3v) is 3.22. The van der Waals surface area contributed by atoms with Crippen LogP contribution in [0.25, 0.3) is 22.4 Å². The average molecular weight is 269 g/mol. The van der Waals surface area contributed by atoms with Crippen molar-refractivity contribution < 1.29 is 8.78 Å². The van der Waals surface area contributed by atoms with Crippen molar-refractivity contribution in [1.82, 2.24) is 9.55 Å². The average Bonchev–Trinajstić information content (AvgIpc) is 2.76. The normalized spacial score (nSPS) is 10.7. The van der Waals surface area contributed by atoms with Gasteiger partial charge in [-0.3, -0.25) is 0 Å². The fraction of sp³-hybridized carbons (Fsp3) is 0.0667. The topological polar surface area (TPSA) is 41.6 Å². The van der Waals surface area contributed by atoms with Crippen LogP contribution in [0.15, 0.2) is 36.4 Å². The zero-order valence-corrected chi connectivity index (χ0v) is 10.6. The van der Waals surface area contributed by atoms with E-state index in [1.54, 1.807) is 29.8 Å². The molecule has 0 atom stereocenters. The zero-order valence-electron chi connectivity index (χ0n) is 10.6. The van der Waals surface area contributed by atoms with Gasteiger partial charge in [-0.05, 0) is 24.3 Å². The number of para-hydroxylation sites is 1. The molecule has 0 spiro atoms. The molecule has 3 rings (SSSR count). The summed E-state index contributed by atoms with van der Waals surface area (Å²) in [5.74, 6) is -1.19. The molecule has 0 saturated carbocycles. The second kappa shape index (κ2) is 4.42. The summed E-state index contributed by atoms with van der Waals surface area (Å²) in [5.41, 5.74) is 1.29. The Morgan fingerprint density at radius 3 is 2.40 bits per heavy atom. The molecular formula is C15H9F2N3. The maximum atomic E-state index is 13.9. The van der Waals surface area contributed by atoms with Gasteiger partial charge in [0.25, 0.3) is 0 Å². The van der Waals surface area contributed by atoms with Crippen LogP contribution < -0.4 is 0 Å². The number of fused-ring (bicyclic) bond motifs is 1. The largest absolute Gasteiger partial charge is 0.327 e. The standard InChI is InChI=1S/C15H9F2N3/c1-20-12-7-2-4-9(8-18)14(12)19-15(20)13-10(16)5-3-6-11(13)17/h2-7H,1H3. The molecule has 0 N–H and O–H groups in total. The summed E-state index contributed by atoms with van der Waals surface area (Å²) in [6.45, 7) is 0. The molecule has 0 saturated heterocycles. The summed E-state index contributed by atoms with van der Waals surface area (Å²) >= 11 is 0. The quantitative estimate of drug-likeness (QED) is 0.679. The first-order chi connectivity index (χ1) is 9.63. The summed E-state index contributed by atoms with van der Waals surface area (Å²) in [6, 6.07) is 10.8. The highest BCUT2D eigenvalue weighted by atomic mass is 19.1. The van der Waals surface area contributed by atoms with Crippen molar-refractivity contribution >= 4 is 11.0 Å². The number of aromatic nitrogens is 2. The molecule has 20 heavy (non-hydrogen) atoms. The van der Waals surface area contributed by atoms with Gasteiger partial charge in [-0.1, -0.05) is 12.1 Å². The second-order valence-electron chi connectivity index (χ2n) is 4.38. The van der Waals surface area contributed by atoms with E-state index in [9.17, 15) is 8.78 Å². The van der Waals surface area contributed by atoms with Crippen molar-refractivity contribution in [1.29, 1.82) is 5.26 Å². The summed E-state index contributed by atoms with van der Waals surface area (Å²) in [5, 5.41) is 9.07. The van der Waals surface area contributed by atoms with E-state index in [1.165, 1.54) is 18.2 Å². The molecule has 1 aromatic heterocycles. The molecule has 0 fully saturated rings. The molecule has 0 radical (unpaired) electrons. The van der Waals surface area contributed by atoms with Crippen molar-refractivity contribution in [3.05, 3.63) is 53.6 Å². The van der Waals surface area contributed by atoms with E-state index < -0.39 is 11.6 Å². The van der Waals surface area contributed by atoms with Gasteiger partial charge in [0.2, 0.25) is 0 Å².